The first-order valence-electron chi connectivity index (χ1n) is 5.95. The number of halogens is 2. The van der Waals surface area contributed by atoms with E-state index >= 15 is 0 Å². The van der Waals surface area contributed by atoms with E-state index in [0.717, 1.165) is 0 Å². The van der Waals surface area contributed by atoms with E-state index in [9.17, 15) is 10.2 Å². The van der Waals surface area contributed by atoms with Crippen molar-refractivity contribution in [3.63, 3.8) is 0 Å². The average Bonchev–Trinajstić information content (AvgIpc) is 2.91. The summed E-state index contributed by atoms with van der Waals surface area (Å²) in [6, 6.07) is 0. The van der Waals surface area contributed by atoms with Crippen LogP contribution < -0.4 is 11.5 Å². The van der Waals surface area contributed by atoms with Crippen molar-refractivity contribution in [2.75, 3.05) is 18.1 Å². The van der Waals surface area contributed by atoms with Crippen LogP contribution >= 0.6 is 23.2 Å². The quantitative estimate of drug-likeness (QED) is 0.525. The second kappa shape index (κ2) is 4.82. The molecule has 0 spiro atoms. The molecule has 114 valence electrons. The molecular formula is C10H12Cl2N6O3. The second-order valence-corrected chi connectivity index (χ2v) is 6.07. The maximum absolute atomic E-state index is 10.0. The van der Waals surface area contributed by atoms with E-state index in [1.807, 2.05) is 0 Å². The Balaban J connectivity index is 2.13. The molecule has 0 bridgehead atoms. The highest BCUT2D eigenvalue weighted by Gasteiger charge is 2.55. The van der Waals surface area contributed by atoms with Gasteiger partial charge in [0.1, 0.15) is 18.3 Å². The summed E-state index contributed by atoms with van der Waals surface area (Å²) in [6.45, 7) is -0.436. The lowest BCUT2D eigenvalue weighted by atomic mass is 10.1. The molecule has 2 aromatic heterocycles. The largest absolute Gasteiger partial charge is 0.394 e. The first-order chi connectivity index (χ1) is 9.86. The predicted molar refractivity (Wildman–Crippen MR) is 74.8 cm³/mol. The number of hydrogen-bond donors (Lipinski definition) is 4. The van der Waals surface area contributed by atoms with E-state index in [0.29, 0.717) is 5.69 Å². The van der Waals surface area contributed by atoms with Crippen molar-refractivity contribution < 1.29 is 14.9 Å². The van der Waals surface area contributed by atoms with Crippen molar-refractivity contribution in [1.29, 1.82) is 0 Å². The van der Waals surface area contributed by atoms with Gasteiger partial charge in [0.05, 0.1) is 18.5 Å². The summed E-state index contributed by atoms with van der Waals surface area (Å²) in [7, 11) is 0. The zero-order valence-electron chi connectivity index (χ0n) is 10.5. The van der Waals surface area contributed by atoms with E-state index in [-0.39, 0.29) is 17.4 Å². The third-order valence-electron chi connectivity index (χ3n) is 3.29. The Morgan fingerprint density at radius 3 is 2.76 bits per heavy atom. The van der Waals surface area contributed by atoms with Gasteiger partial charge in [0.25, 0.3) is 0 Å². The summed E-state index contributed by atoms with van der Waals surface area (Å²) in [4.78, 5) is 7.85. The molecule has 0 aromatic carbocycles. The number of imidazole rings is 1. The van der Waals surface area contributed by atoms with Crippen molar-refractivity contribution in [3.8, 4) is 0 Å². The zero-order valence-corrected chi connectivity index (χ0v) is 12.0. The highest BCUT2D eigenvalue weighted by atomic mass is 35.5. The van der Waals surface area contributed by atoms with Gasteiger partial charge in [-0.1, -0.05) is 23.2 Å². The van der Waals surface area contributed by atoms with Crippen molar-refractivity contribution in [1.82, 2.24) is 19.6 Å². The molecule has 3 atom stereocenters. The number of aliphatic hydroxyl groups excluding tert-OH is 2. The third kappa shape index (κ3) is 2.09. The van der Waals surface area contributed by atoms with Gasteiger partial charge in [0.2, 0.25) is 5.95 Å². The molecule has 9 nitrogen and oxygen atoms in total. The van der Waals surface area contributed by atoms with Crippen molar-refractivity contribution >= 4 is 40.6 Å². The normalized spacial score (nSPS) is 28.3. The topological polar surface area (TPSA) is 145 Å². The Bertz CT molecular complexity index is 693. The van der Waals surface area contributed by atoms with Gasteiger partial charge in [-0.05, 0) is 0 Å². The van der Waals surface area contributed by atoms with E-state index in [1.54, 1.807) is 0 Å². The van der Waals surface area contributed by atoms with Gasteiger partial charge in [-0.25, -0.2) is 9.50 Å². The maximum Gasteiger partial charge on any atom is 0.240 e. The number of aromatic nitrogens is 4. The first kappa shape index (κ1) is 14.5. The highest BCUT2D eigenvalue weighted by Crippen LogP contribution is 2.49. The Morgan fingerprint density at radius 1 is 1.43 bits per heavy atom. The van der Waals surface area contributed by atoms with Crippen LogP contribution in [0.2, 0.25) is 0 Å². The molecule has 1 aliphatic heterocycles. The molecule has 0 amide bonds. The number of anilines is 2. The molecule has 0 aliphatic carbocycles. The lowest BCUT2D eigenvalue weighted by Crippen LogP contribution is -2.36. The lowest BCUT2D eigenvalue weighted by molar-refractivity contribution is -0.0240. The summed E-state index contributed by atoms with van der Waals surface area (Å²) in [5.41, 5.74) is 11.9. The summed E-state index contributed by atoms with van der Waals surface area (Å²) < 4.78 is 5.12. The molecule has 11 heteroatoms. The van der Waals surface area contributed by atoms with E-state index in [1.165, 1.54) is 10.7 Å². The number of aliphatic hydroxyl groups is 2. The summed E-state index contributed by atoms with van der Waals surface area (Å²) in [5.74, 6) is 0.0204. The van der Waals surface area contributed by atoms with Crippen molar-refractivity contribution in [2.45, 2.75) is 22.6 Å². The Hall–Kier alpha value is -1.39. The number of hydrogen-bond acceptors (Lipinski definition) is 8. The van der Waals surface area contributed by atoms with Gasteiger partial charge in [-0.3, -0.25) is 0 Å². The number of nitrogens with zero attached hydrogens (tertiary/aromatic N) is 4. The van der Waals surface area contributed by atoms with Crippen LogP contribution in [0.4, 0.5) is 11.8 Å². The molecule has 21 heavy (non-hydrogen) atoms. The molecular weight excluding hydrogens is 323 g/mol. The minimum atomic E-state index is -1.68. The van der Waals surface area contributed by atoms with Crippen LogP contribution in [0.1, 0.15) is 11.8 Å². The van der Waals surface area contributed by atoms with Crippen LogP contribution in [0.3, 0.4) is 0 Å². The number of nitrogen functional groups attached to an aromatic ring is 2. The van der Waals surface area contributed by atoms with Gasteiger partial charge < -0.3 is 26.4 Å². The number of fused-ring (bicyclic) bond motifs is 1. The number of alkyl halides is 2. The van der Waals surface area contributed by atoms with Gasteiger partial charge in [0, 0.05) is 0 Å². The maximum atomic E-state index is 10.0. The van der Waals surface area contributed by atoms with Gasteiger partial charge in [-0.15, -0.1) is 5.10 Å². The Kier molecular flexibility index (Phi) is 3.34. The molecule has 1 saturated heterocycles. The average molecular weight is 335 g/mol. The molecule has 3 rings (SSSR count). The zero-order chi connectivity index (χ0) is 15.4. The minimum Gasteiger partial charge on any atom is -0.394 e. The second-order valence-electron chi connectivity index (χ2n) is 4.63. The molecule has 0 saturated carbocycles. The molecule has 6 N–H and O–H groups in total. The van der Waals surface area contributed by atoms with Crippen LogP contribution in [0, 0.1) is 0 Å². The molecule has 1 aliphatic rings. The van der Waals surface area contributed by atoms with Crippen LogP contribution in [0.5, 0.6) is 0 Å². The van der Waals surface area contributed by atoms with Crippen molar-refractivity contribution in [3.05, 3.63) is 11.9 Å². The van der Waals surface area contributed by atoms with Crippen LogP contribution in [0.25, 0.3) is 5.65 Å². The van der Waals surface area contributed by atoms with Gasteiger partial charge in [-0.2, -0.15) is 4.98 Å². The van der Waals surface area contributed by atoms with Gasteiger partial charge in [0.15, 0.2) is 15.8 Å². The Morgan fingerprint density at radius 2 is 2.14 bits per heavy atom. The fraction of sp³-hybridized carbons (Fsp3) is 0.500. The van der Waals surface area contributed by atoms with Crippen molar-refractivity contribution in [2.24, 2.45) is 0 Å². The first-order valence-corrected chi connectivity index (χ1v) is 6.70. The van der Waals surface area contributed by atoms with Crippen LogP contribution in [0.15, 0.2) is 6.20 Å². The van der Waals surface area contributed by atoms with Crippen LogP contribution in [-0.2, 0) is 4.74 Å². The molecule has 0 unspecified atom stereocenters. The SMILES string of the molecule is Nc1nc(N)c2ncc([C@@H]3O[C@H](CO)[C@H](O)C3(Cl)Cl)n2n1. The fourth-order valence-electron chi connectivity index (χ4n) is 2.27. The standard InChI is InChI=1S/C10H12Cl2N6O3/c11-10(12)5(20)4(2-19)21-6(10)3-1-15-8-7(13)16-9(14)17-18(3)8/h1,4-6,19-20H,2H2,(H4,13,14,16,17)/t4-,5+,6+/m1/s1. The smallest absolute Gasteiger partial charge is 0.240 e. The molecule has 2 aromatic rings. The fourth-order valence-corrected chi connectivity index (χ4v) is 2.88. The van der Waals surface area contributed by atoms with Crippen LogP contribution in [-0.4, -0.2) is 52.9 Å². The number of rotatable bonds is 2. The van der Waals surface area contributed by atoms with E-state index in [2.05, 4.69) is 15.1 Å². The lowest BCUT2D eigenvalue weighted by Gasteiger charge is -2.22. The molecule has 3 heterocycles. The summed E-state index contributed by atoms with van der Waals surface area (Å²) in [6.07, 6.45) is -1.78. The number of ether oxygens (including phenoxy) is 1. The van der Waals surface area contributed by atoms with Gasteiger partial charge >= 0.3 is 0 Å². The predicted octanol–water partition coefficient (Wildman–Crippen LogP) is -0.744. The summed E-state index contributed by atoms with van der Waals surface area (Å²) in [5, 5.41) is 23.2. The van der Waals surface area contributed by atoms with E-state index in [4.69, 9.17) is 39.4 Å². The number of nitrogens with two attached hydrogens (primary N) is 2. The monoisotopic (exact) mass is 334 g/mol. The molecule has 1 fully saturated rings. The molecule has 0 radical (unpaired) electrons. The highest BCUT2D eigenvalue weighted by molar-refractivity contribution is 6.49. The van der Waals surface area contributed by atoms with E-state index < -0.39 is 29.3 Å². The Labute approximate surface area is 128 Å². The summed E-state index contributed by atoms with van der Waals surface area (Å²) >= 11 is 12.3. The minimum absolute atomic E-state index is 0.0637. The third-order valence-corrected chi connectivity index (χ3v) is 4.13.